The third-order valence-electron chi connectivity index (χ3n) is 4.69. The molecule has 2 aromatic heterocycles. The standard InChI is InChI=1S/C24H18N2O3S/c1-2-28-19-11-6-7-15-14-20(29-22(15)19)23(27)25-17-9-5-8-16(13-17)24-26-18-10-3-4-12-21(18)30-24/h3-14H,2H2,1H3,(H,25,27). The molecule has 0 aliphatic carbocycles. The van der Waals surface area contributed by atoms with Crippen LogP contribution in [0.3, 0.4) is 0 Å². The monoisotopic (exact) mass is 414 g/mol. The summed E-state index contributed by atoms with van der Waals surface area (Å²) in [6.45, 7) is 2.44. The fourth-order valence-corrected chi connectivity index (χ4v) is 4.30. The third kappa shape index (κ3) is 3.42. The van der Waals surface area contributed by atoms with Gasteiger partial charge in [0.25, 0.3) is 5.91 Å². The van der Waals surface area contributed by atoms with Crippen LogP contribution in [0.2, 0.25) is 0 Å². The first-order valence-corrected chi connectivity index (χ1v) is 10.5. The fourth-order valence-electron chi connectivity index (χ4n) is 3.34. The van der Waals surface area contributed by atoms with Gasteiger partial charge in [-0.1, -0.05) is 36.4 Å². The molecule has 0 atom stereocenters. The summed E-state index contributed by atoms with van der Waals surface area (Å²) < 4.78 is 12.5. The highest BCUT2D eigenvalue weighted by molar-refractivity contribution is 7.21. The summed E-state index contributed by atoms with van der Waals surface area (Å²) in [5, 5.41) is 4.66. The maximum atomic E-state index is 12.8. The van der Waals surface area contributed by atoms with Crippen molar-refractivity contribution in [2.24, 2.45) is 0 Å². The van der Waals surface area contributed by atoms with E-state index in [9.17, 15) is 4.79 Å². The molecule has 5 nitrogen and oxygen atoms in total. The van der Waals surface area contributed by atoms with Crippen molar-refractivity contribution in [1.29, 1.82) is 0 Å². The van der Waals surface area contributed by atoms with Gasteiger partial charge in [0.15, 0.2) is 17.1 Å². The molecule has 0 bridgehead atoms. The van der Waals surface area contributed by atoms with Gasteiger partial charge in [-0.05, 0) is 43.3 Å². The largest absolute Gasteiger partial charge is 0.490 e. The maximum Gasteiger partial charge on any atom is 0.291 e. The van der Waals surface area contributed by atoms with Gasteiger partial charge in [-0.15, -0.1) is 11.3 Å². The Bertz CT molecular complexity index is 1340. The minimum atomic E-state index is -0.310. The molecule has 0 aliphatic heterocycles. The zero-order chi connectivity index (χ0) is 20.5. The van der Waals surface area contributed by atoms with E-state index in [0.717, 1.165) is 26.2 Å². The molecule has 0 unspecified atom stereocenters. The lowest BCUT2D eigenvalue weighted by atomic mass is 10.2. The number of furan rings is 1. The van der Waals surface area contributed by atoms with E-state index in [4.69, 9.17) is 14.1 Å². The molecular weight excluding hydrogens is 396 g/mol. The summed E-state index contributed by atoms with van der Waals surface area (Å²) in [6, 6.07) is 23.0. The van der Waals surface area contributed by atoms with Crippen molar-refractivity contribution in [3.05, 3.63) is 78.6 Å². The second-order valence-corrected chi connectivity index (χ2v) is 7.77. The average molecular weight is 414 g/mol. The molecular formula is C24H18N2O3S. The van der Waals surface area contributed by atoms with Gasteiger partial charge < -0.3 is 14.5 Å². The van der Waals surface area contributed by atoms with Crippen LogP contribution in [0.25, 0.3) is 31.8 Å². The number of aromatic nitrogens is 1. The Balaban J connectivity index is 1.42. The number of anilines is 1. The predicted octanol–water partition coefficient (Wildman–Crippen LogP) is 6.36. The quantitative estimate of drug-likeness (QED) is 0.363. The Kier molecular flexibility index (Phi) is 4.69. The number of hydrogen-bond acceptors (Lipinski definition) is 5. The van der Waals surface area contributed by atoms with Gasteiger partial charge >= 0.3 is 0 Å². The maximum absolute atomic E-state index is 12.8. The van der Waals surface area contributed by atoms with E-state index < -0.39 is 0 Å². The summed E-state index contributed by atoms with van der Waals surface area (Å²) in [4.78, 5) is 17.5. The zero-order valence-corrected chi connectivity index (χ0v) is 17.0. The second-order valence-electron chi connectivity index (χ2n) is 6.74. The van der Waals surface area contributed by atoms with Crippen molar-refractivity contribution in [1.82, 2.24) is 4.98 Å². The van der Waals surface area contributed by atoms with E-state index in [0.29, 0.717) is 23.6 Å². The molecule has 2 heterocycles. The highest BCUT2D eigenvalue weighted by atomic mass is 32.1. The lowest BCUT2D eigenvalue weighted by molar-refractivity contribution is 0.0998. The smallest absolute Gasteiger partial charge is 0.291 e. The molecule has 1 N–H and O–H groups in total. The van der Waals surface area contributed by atoms with Crippen LogP contribution in [0.5, 0.6) is 5.75 Å². The lowest BCUT2D eigenvalue weighted by Crippen LogP contribution is -2.10. The van der Waals surface area contributed by atoms with Crippen molar-refractivity contribution >= 4 is 44.1 Å². The number of para-hydroxylation sites is 2. The summed E-state index contributed by atoms with van der Waals surface area (Å²) in [6.07, 6.45) is 0. The Labute approximate surface area is 176 Å². The molecule has 5 aromatic rings. The van der Waals surface area contributed by atoms with Gasteiger partial charge in [-0.25, -0.2) is 4.98 Å². The van der Waals surface area contributed by atoms with Gasteiger partial charge in [-0.3, -0.25) is 4.79 Å². The van der Waals surface area contributed by atoms with Gasteiger partial charge in [0.2, 0.25) is 0 Å². The van der Waals surface area contributed by atoms with Crippen molar-refractivity contribution in [3.8, 4) is 16.3 Å². The van der Waals surface area contributed by atoms with E-state index in [-0.39, 0.29) is 11.7 Å². The van der Waals surface area contributed by atoms with Crippen LogP contribution in [-0.2, 0) is 0 Å². The molecule has 1 amide bonds. The van der Waals surface area contributed by atoms with Gasteiger partial charge in [0.1, 0.15) is 5.01 Å². The van der Waals surface area contributed by atoms with Crippen molar-refractivity contribution in [2.45, 2.75) is 6.92 Å². The number of nitrogens with zero attached hydrogens (tertiary/aromatic N) is 1. The van der Waals surface area contributed by atoms with E-state index in [1.54, 1.807) is 17.4 Å². The summed E-state index contributed by atoms with van der Waals surface area (Å²) >= 11 is 1.63. The number of hydrogen-bond donors (Lipinski definition) is 1. The molecule has 0 aliphatic rings. The average Bonchev–Trinajstić information content (AvgIpc) is 3.39. The summed E-state index contributed by atoms with van der Waals surface area (Å²) in [7, 11) is 0. The van der Waals surface area contributed by atoms with E-state index in [1.165, 1.54) is 0 Å². The first-order chi connectivity index (χ1) is 14.7. The Morgan fingerprint density at radius 2 is 1.93 bits per heavy atom. The fraction of sp³-hybridized carbons (Fsp3) is 0.0833. The highest BCUT2D eigenvalue weighted by Gasteiger charge is 2.16. The lowest BCUT2D eigenvalue weighted by Gasteiger charge is -2.05. The number of thiazole rings is 1. The Hall–Kier alpha value is -3.64. The molecule has 5 rings (SSSR count). The Morgan fingerprint density at radius 1 is 1.07 bits per heavy atom. The summed E-state index contributed by atoms with van der Waals surface area (Å²) in [5.74, 6) is 0.560. The number of benzene rings is 3. The van der Waals surface area contributed by atoms with Crippen LogP contribution in [0.15, 0.2) is 77.2 Å². The van der Waals surface area contributed by atoms with E-state index >= 15 is 0 Å². The molecule has 3 aromatic carbocycles. The number of carbonyl (C=O) groups excluding carboxylic acids is 1. The first-order valence-electron chi connectivity index (χ1n) is 9.64. The topological polar surface area (TPSA) is 64.4 Å². The number of rotatable bonds is 5. The second kappa shape index (κ2) is 7.65. The molecule has 6 heteroatoms. The minimum absolute atomic E-state index is 0.238. The van der Waals surface area contributed by atoms with Gasteiger partial charge in [-0.2, -0.15) is 0 Å². The van der Waals surface area contributed by atoms with Crippen LogP contribution < -0.4 is 10.1 Å². The molecule has 30 heavy (non-hydrogen) atoms. The van der Waals surface area contributed by atoms with Crippen LogP contribution in [-0.4, -0.2) is 17.5 Å². The van der Waals surface area contributed by atoms with E-state index in [2.05, 4.69) is 11.4 Å². The molecule has 0 fully saturated rings. The Morgan fingerprint density at radius 3 is 2.80 bits per heavy atom. The number of ether oxygens (including phenoxy) is 1. The van der Waals surface area contributed by atoms with E-state index in [1.807, 2.05) is 67.6 Å². The normalized spacial score (nSPS) is 11.1. The molecule has 0 spiro atoms. The van der Waals surface area contributed by atoms with Gasteiger partial charge in [0.05, 0.1) is 16.8 Å². The number of nitrogens with one attached hydrogen (secondary N) is 1. The first kappa shape index (κ1) is 18.4. The highest BCUT2D eigenvalue weighted by Crippen LogP contribution is 2.32. The molecule has 0 saturated carbocycles. The zero-order valence-electron chi connectivity index (χ0n) is 16.2. The van der Waals surface area contributed by atoms with Crippen molar-refractivity contribution in [3.63, 3.8) is 0 Å². The van der Waals surface area contributed by atoms with Crippen LogP contribution >= 0.6 is 11.3 Å². The third-order valence-corrected chi connectivity index (χ3v) is 5.78. The number of fused-ring (bicyclic) bond motifs is 2. The molecule has 148 valence electrons. The SMILES string of the molecule is CCOc1cccc2cc(C(=O)Nc3cccc(-c4nc5ccccc5s4)c3)oc12. The van der Waals surface area contributed by atoms with Gasteiger partial charge in [0, 0.05) is 16.6 Å². The number of amides is 1. The van der Waals surface area contributed by atoms with Crippen LogP contribution in [0.4, 0.5) is 5.69 Å². The number of carbonyl (C=O) groups is 1. The summed E-state index contributed by atoms with van der Waals surface area (Å²) in [5.41, 5.74) is 3.19. The minimum Gasteiger partial charge on any atom is -0.490 e. The van der Waals surface area contributed by atoms with Crippen LogP contribution in [0, 0.1) is 0 Å². The molecule has 0 radical (unpaired) electrons. The van der Waals surface area contributed by atoms with Crippen molar-refractivity contribution < 1.29 is 13.9 Å². The van der Waals surface area contributed by atoms with Crippen molar-refractivity contribution in [2.75, 3.05) is 11.9 Å². The van der Waals surface area contributed by atoms with Crippen LogP contribution in [0.1, 0.15) is 17.5 Å². The predicted molar refractivity (Wildman–Crippen MR) is 120 cm³/mol. The molecule has 0 saturated heterocycles.